The first-order valence-corrected chi connectivity index (χ1v) is 11.5. The summed E-state index contributed by atoms with van der Waals surface area (Å²) in [5, 5.41) is 10.5. The van der Waals surface area contributed by atoms with Crippen LogP contribution in [0.2, 0.25) is 0 Å². The SMILES string of the molecule is CO[C@H]1C[C@](C)(CCC=C(C)C)[C@@H](/C=C/OC(=O)C=C(C)C)c2cc(C)oc2[C@@]1(CO)OC. The van der Waals surface area contributed by atoms with Crippen LogP contribution in [0.3, 0.4) is 0 Å². The molecule has 0 fully saturated rings. The highest BCUT2D eigenvalue weighted by atomic mass is 16.6. The second kappa shape index (κ2) is 11.3. The number of carbonyl (C=O) groups is 1. The van der Waals surface area contributed by atoms with E-state index in [1.807, 2.05) is 32.9 Å². The normalized spacial score (nSPS) is 27.1. The molecule has 2 rings (SSSR count). The van der Waals surface area contributed by atoms with Crippen molar-refractivity contribution in [2.45, 2.75) is 78.4 Å². The van der Waals surface area contributed by atoms with Crippen molar-refractivity contribution in [2.24, 2.45) is 5.41 Å². The summed E-state index contributed by atoms with van der Waals surface area (Å²) in [4.78, 5) is 12.1. The van der Waals surface area contributed by atoms with Gasteiger partial charge in [0.1, 0.15) is 11.5 Å². The molecule has 4 atom stereocenters. The Morgan fingerprint density at radius 2 is 1.94 bits per heavy atom. The lowest BCUT2D eigenvalue weighted by atomic mass is 9.68. The predicted molar refractivity (Wildman–Crippen MR) is 129 cm³/mol. The number of esters is 1. The van der Waals surface area contributed by atoms with E-state index >= 15 is 0 Å². The van der Waals surface area contributed by atoms with Gasteiger partial charge in [-0.05, 0) is 71.4 Å². The standard InChI is InChI=1S/C27H40O6/c1-18(2)10-9-12-26(6)16-23(30-7)27(17-28,31-8)25-21(15-20(5)33-25)22(26)11-13-32-24(29)14-19(3)4/h10-11,13-15,22-23,28H,9,12,16-17H2,1-8H3/b13-11+/t22-,23-,26-,27-/m0/s1. The molecule has 6 nitrogen and oxygen atoms in total. The van der Waals surface area contributed by atoms with Crippen LogP contribution >= 0.6 is 0 Å². The number of aliphatic hydroxyl groups excluding tert-OH is 1. The molecular weight excluding hydrogens is 420 g/mol. The van der Waals surface area contributed by atoms with Crippen LogP contribution in [0.25, 0.3) is 0 Å². The molecule has 6 heteroatoms. The van der Waals surface area contributed by atoms with Gasteiger partial charge in [0.15, 0.2) is 5.60 Å². The van der Waals surface area contributed by atoms with Crippen molar-refractivity contribution in [1.29, 1.82) is 0 Å². The van der Waals surface area contributed by atoms with Crippen molar-refractivity contribution in [3.63, 3.8) is 0 Å². The zero-order valence-corrected chi connectivity index (χ0v) is 21.4. The average molecular weight is 461 g/mol. The second-order valence-electron chi connectivity index (χ2n) is 9.76. The van der Waals surface area contributed by atoms with E-state index in [0.717, 1.165) is 29.7 Å². The van der Waals surface area contributed by atoms with Gasteiger partial charge in [-0.2, -0.15) is 0 Å². The third-order valence-corrected chi connectivity index (χ3v) is 6.54. The van der Waals surface area contributed by atoms with E-state index in [2.05, 4.69) is 26.8 Å². The molecule has 0 aliphatic heterocycles. The van der Waals surface area contributed by atoms with E-state index in [9.17, 15) is 9.90 Å². The summed E-state index contributed by atoms with van der Waals surface area (Å²) >= 11 is 0. The number of methoxy groups -OCH3 is 2. The summed E-state index contributed by atoms with van der Waals surface area (Å²) < 4.78 is 23.3. The molecular formula is C27H40O6. The highest BCUT2D eigenvalue weighted by Gasteiger charge is 2.54. The number of rotatable bonds is 9. The van der Waals surface area contributed by atoms with Gasteiger partial charge >= 0.3 is 5.97 Å². The minimum atomic E-state index is -1.13. The van der Waals surface area contributed by atoms with Crippen molar-refractivity contribution in [1.82, 2.24) is 0 Å². The fourth-order valence-electron chi connectivity index (χ4n) is 4.81. The van der Waals surface area contributed by atoms with E-state index < -0.39 is 17.7 Å². The molecule has 0 aromatic carbocycles. The van der Waals surface area contributed by atoms with Gasteiger partial charge in [-0.1, -0.05) is 24.1 Å². The largest absolute Gasteiger partial charge is 0.463 e. The first kappa shape index (κ1) is 27.1. The van der Waals surface area contributed by atoms with Gasteiger partial charge in [-0.3, -0.25) is 0 Å². The van der Waals surface area contributed by atoms with Crippen molar-refractivity contribution in [3.05, 3.63) is 58.8 Å². The number of hydrogen-bond acceptors (Lipinski definition) is 6. The van der Waals surface area contributed by atoms with Crippen LogP contribution in [0.4, 0.5) is 0 Å². The van der Waals surface area contributed by atoms with Gasteiger partial charge in [0, 0.05) is 31.8 Å². The van der Waals surface area contributed by atoms with Crippen LogP contribution in [0.1, 0.15) is 76.9 Å². The zero-order chi connectivity index (χ0) is 24.8. The first-order chi connectivity index (χ1) is 15.5. The molecule has 1 N–H and O–H groups in total. The fourth-order valence-corrected chi connectivity index (χ4v) is 4.81. The summed E-state index contributed by atoms with van der Waals surface area (Å²) in [7, 11) is 3.21. The zero-order valence-electron chi connectivity index (χ0n) is 21.4. The van der Waals surface area contributed by atoms with Gasteiger partial charge in [-0.15, -0.1) is 0 Å². The lowest BCUT2D eigenvalue weighted by molar-refractivity contribution is -0.165. The Hall–Kier alpha value is -2.15. The quantitative estimate of drug-likeness (QED) is 0.167. The molecule has 1 aromatic heterocycles. The van der Waals surface area contributed by atoms with E-state index in [4.69, 9.17) is 18.6 Å². The summed E-state index contributed by atoms with van der Waals surface area (Å²) in [5.41, 5.74) is 1.64. The van der Waals surface area contributed by atoms with Crippen molar-refractivity contribution in [3.8, 4) is 0 Å². The number of ether oxygens (including phenoxy) is 3. The maximum Gasteiger partial charge on any atom is 0.335 e. The molecule has 0 bridgehead atoms. The summed E-state index contributed by atoms with van der Waals surface area (Å²) in [5.74, 6) is 0.730. The van der Waals surface area contributed by atoms with Crippen LogP contribution < -0.4 is 0 Å². The average Bonchev–Trinajstić information content (AvgIpc) is 3.09. The van der Waals surface area contributed by atoms with Gasteiger partial charge in [-0.25, -0.2) is 4.79 Å². The van der Waals surface area contributed by atoms with Gasteiger partial charge in [0.25, 0.3) is 0 Å². The minimum Gasteiger partial charge on any atom is -0.463 e. The predicted octanol–water partition coefficient (Wildman–Crippen LogP) is 5.70. The highest BCUT2D eigenvalue weighted by molar-refractivity contribution is 5.83. The summed E-state index contributed by atoms with van der Waals surface area (Å²) in [6.45, 7) is 11.7. The molecule has 1 heterocycles. The van der Waals surface area contributed by atoms with E-state index in [1.54, 1.807) is 14.2 Å². The molecule has 1 aliphatic rings. The molecule has 0 spiro atoms. The molecule has 0 unspecified atom stereocenters. The fraction of sp³-hybridized carbons (Fsp3) is 0.593. The number of hydrogen-bond donors (Lipinski definition) is 1. The van der Waals surface area contributed by atoms with E-state index in [1.165, 1.54) is 17.9 Å². The van der Waals surface area contributed by atoms with Crippen LogP contribution in [-0.2, 0) is 24.6 Å². The van der Waals surface area contributed by atoms with Gasteiger partial charge in [0.2, 0.25) is 0 Å². The first-order valence-electron chi connectivity index (χ1n) is 11.5. The van der Waals surface area contributed by atoms with Crippen molar-refractivity contribution < 1.29 is 28.5 Å². The second-order valence-corrected chi connectivity index (χ2v) is 9.76. The molecule has 184 valence electrons. The number of allylic oxidation sites excluding steroid dienone is 4. The van der Waals surface area contributed by atoms with Crippen LogP contribution in [0.15, 0.2) is 46.1 Å². The third kappa shape index (κ3) is 6.05. The Bertz CT molecular complexity index is 894. The lowest BCUT2D eigenvalue weighted by Gasteiger charge is -2.39. The van der Waals surface area contributed by atoms with E-state index in [0.29, 0.717) is 12.2 Å². The summed E-state index contributed by atoms with van der Waals surface area (Å²) in [6, 6.07) is 1.99. The Kier molecular flexibility index (Phi) is 9.29. The molecule has 1 aromatic rings. The number of aliphatic hydroxyl groups is 1. The maximum atomic E-state index is 12.1. The lowest BCUT2D eigenvalue weighted by Crippen LogP contribution is -2.46. The number of furan rings is 1. The Labute approximate surface area is 198 Å². The Balaban J connectivity index is 2.62. The number of fused-ring (bicyclic) bond motifs is 1. The molecule has 1 aliphatic carbocycles. The highest BCUT2D eigenvalue weighted by Crippen LogP contribution is 2.54. The molecule has 0 amide bonds. The Morgan fingerprint density at radius 3 is 2.48 bits per heavy atom. The number of aryl methyl sites for hydroxylation is 1. The monoisotopic (exact) mass is 460 g/mol. The molecule has 0 radical (unpaired) electrons. The van der Waals surface area contributed by atoms with Crippen LogP contribution in [0, 0.1) is 12.3 Å². The maximum absolute atomic E-state index is 12.1. The van der Waals surface area contributed by atoms with E-state index in [-0.39, 0.29) is 17.9 Å². The molecule has 33 heavy (non-hydrogen) atoms. The van der Waals surface area contributed by atoms with Gasteiger partial charge in [0.05, 0.1) is 19.0 Å². The molecule has 0 saturated heterocycles. The minimum absolute atomic E-state index is 0.142. The van der Waals surface area contributed by atoms with Crippen LogP contribution in [0.5, 0.6) is 0 Å². The summed E-state index contributed by atoms with van der Waals surface area (Å²) in [6.07, 6.45) is 9.02. The Morgan fingerprint density at radius 1 is 1.24 bits per heavy atom. The van der Waals surface area contributed by atoms with Crippen LogP contribution in [-0.4, -0.2) is 38.0 Å². The number of carbonyl (C=O) groups excluding carboxylic acids is 1. The third-order valence-electron chi connectivity index (χ3n) is 6.54. The topological polar surface area (TPSA) is 78.1 Å². The molecule has 0 saturated carbocycles. The smallest absolute Gasteiger partial charge is 0.335 e. The van der Waals surface area contributed by atoms with Crippen molar-refractivity contribution in [2.75, 3.05) is 20.8 Å². The van der Waals surface area contributed by atoms with Crippen molar-refractivity contribution >= 4 is 5.97 Å². The van der Waals surface area contributed by atoms with Gasteiger partial charge < -0.3 is 23.7 Å².